The Morgan fingerprint density at radius 3 is 2.31 bits per heavy atom. The molecule has 2 N–H and O–H groups in total. The summed E-state index contributed by atoms with van der Waals surface area (Å²) in [5.41, 5.74) is 8.97. The monoisotopic (exact) mass is 473 g/mol. The molecular weight excluding hydrogens is 454 g/mol. The lowest BCUT2D eigenvalue weighted by Crippen LogP contribution is -2.49. The van der Waals surface area contributed by atoms with Crippen molar-refractivity contribution in [2.75, 3.05) is 36.8 Å². The van der Waals surface area contributed by atoms with Gasteiger partial charge in [0.2, 0.25) is 0 Å². The van der Waals surface area contributed by atoms with Crippen LogP contribution in [0.1, 0.15) is 6.17 Å². The average Bonchev–Trinajstić information content (AvgIpc) is 3.04. The van der Waals surface area contributed by atoms with Gasteiger partial charge in [0.1, 0.15) is 0 Å². The molecule has 1 unspecified atom stereocenters. The maximum absolute atomic E-state index is 12.1. The molecule has 3 aromatic rings. The molecule has 150 valence electrons. The van der Waals surface area contributed by atoms with E-state index >= 15 is 0 Å². The van der Waals surface area contributed by atoms with E-state index in [4.69, 9.17) is 17.3 Å². The van der Waals surface area contributed by atoms with Gasteiger partial charge in [-0.25, -0.2) is 4.68 Å². The molecule has 6 nitrogen and oxygen atoms in total. The van der Waals surface area contributed by atoms with E-state index in [2.05, 4.69) is 30.8 Å². The number of nitrogens with two attached hydrogens (primary N) is 1. The van der Waals surface area contributed by atoms with E-state index in [1.807, 2.05) is 54.6 Å². The highest BCUT2D eigenvalue weighted by Gasteiger charge is 2.29. The van der Waals surface area contributed by atoms with Gasteiger partial charge in [0.15, 0.2) is 18.3 Å². The number of hydrogen-bond donors (Lipinski definition) is 1. The first-order valence-electron chi connectivity index (χ1n) is 9.37. The third kappa shape index (κ3) is 4.03. The summed E-state index contributed by atoms with van der Waals surface area (Å²) in [7, 11) is 0. The van der Waals surface area contributed by atoms with Crippen LogP contribution in [-0.4, -0.2) is 47.1 Å². The van der Waals surface area contributed by atoms with Gasteiger partial charge in [-0.05, 0) is 40.2 Å². The first-order chi connectivity index (χ1) is 14.1. The van der Waals surface area contributed by atoms with Crippen LogP contribution in [0.4, 0.5) is 11.5 Å². The highest BCUT2D eigenvalue weighted by atomic mass is 79.9. The number of nitrogen functional groups attached to an aromatic ring is 1. The number of hydrogen-bond acceptors (Lipinski definition) is 5. The summed E-state index contributed by atoms with van der Waals surface area (Å²) in [5, 5.41) is 5.19. The highest BCUT2D eigenvalue weighted by molar-refractivity contribution is 9.10. The fourth-order valence-corrected chi connectivity index (χ4v) is 4.29. The van der Waals surface area contributed by atoms with Gasteiger partial charge < -0.3 is 10.6 Å². The van der Waals surface area contributed by atoms with E-state index in [-0.39, 0.29) is 0 Å². The van der Waals surface area contributed by atoms with Gasteiger partial charge in [0.25, 0.3) is 0 Å². The second-order valence-electron chi connectivity index (χ2n) is 6.91. The zero-order chi connectivity index (χ0) is 20.4. The van der Waals surface area contributed by atoms with Crippen LogP contribution in [-0.2, 0) is 4.79 Å². The molecule has 2 aromatic carbocycles. The van der Waals surface area contributed by atoms with Crippen LogP contribution >= 0.6 is 27.5 Å². The normalized spacial score (nSPS) is 16.0. The molecule has 1 aliphatic rings. The topological polar surface area (TPSA) is 67.4 Å². The molecule has 0 radical (unpaired) electrons. The SMILES string of the molecule is Nc1nn(C(C=O)N2CCN(c3ccc(Cl)cc3)CC2)c(-c2ccccc2)c1Br. The van der Waals surface area contributed by atoms with Crippen molar-refractivity contribution in [3.05, 3.63) is 64.1 Å². The van der Waals surface area contributed by atoms with Gasteiger partial charge in [-0.3, -0.25) is 9.69 Å². The predicted molar refractivity (Wildman–Crippen MR) is 120 cm³/mol. The minimum atomic E-state index is -0.522. The van der Waals surface area contributed by atoms with Crippen molar-refractivity contribution in [1.29, 1.82) is 0 Å². The van der Waals surface area contributed by atoms with Gasteiger partial charge in [-0.2, -0.15) is 5.10 Å². The number of aldehydes is 1. The molecule has 0 aliphatic carbocycles. The highest BCUT2D eigenvalue weighted by Crippen LogP contribution is 2.35. The van der Waals surface area contributed by atoms with E-state index in [0.717, 1.165) is 54.4 Å². The number of nitrogens with zero attached hydrogens (tertiary/aromatic N) is 4. The van der Waals surface area contributed by atoms with Gasteiger partial charge in [0.05, 0.1) is 10.2 Å². The molecule has 0 amide bonds. The molecule has 4 rings (SSSR count). The number of carbonyl (C=O) groups is 1. The van der Waals surface area contributed by atoms with Crippen LogP contribution < -0.4 is 10.6 Å². The number of rotatable bonds is 5. The third-order valence-electron chi connectivity index (χ3n) is 5.18. The Morgan fingerprint density at radius 1 is 1.03 bits per heavy atom. The number of piperazine rings is 1. The number of aromatic nitrogens is 2. The minimum absolute atomic E-state index is 0.371. The van der Waals surface area contributed by atoms with E-state index in [9.17, 15) is 4.79 Å². The molecule has 1 aromatic heterocycles. The quantitative estimate of drug-likeness (QED) is 0.565. The number of benzene rings is 2. The van der Waals surface area contributed by atoms with Crippen molar-refractivity contribution in [2.45, 2.75) is 6.17 Å². The smallest absolute Gasteiger partial charge is 0.161 e. The Balaban J connectivity index is 1.57. The fraction of sp³-hybridized carbons (Fsp3) is 0.238. The lowest BCUT2D eigenvalue weighted by molar-refractivity contribution is -0.115. The van der Waals surface area contributed by atoms with Crippen molar-refractivity contribution in [2.24, 2.45) is 0 Å². The molecule has 8 heteroatoms. The Bertz CT molecular complexity index is 984. The van der Waals surface area contributed by atoms with Crippen LogP contribution in [0.2, 0.25) is 5.02 Å². The average molecular weight is 475 g/mol. The number of anilines is 2. The Labute approximate surface area is 183 Å². The molecular formula is C21H21BrClN5O. The van der Waals surface area contributed by atoms with Crippen LogP contribution in [0.5, 0.6) is 0 Å². The van der Waals surface area contributed by atoms with Gasteiger partial charge in [-0.1, -0.05) is 41.9 Å². The van der Waals surface area contributed by atoms with Crippen molar-refractivity contribution in [1.82, 2.24) is 14.7 Å². The largest absolute Gasteiger partial charge is 0.381 e. The minimum Gasteiger partial charge on any atom is -0.381 e. The summed E-state index contributed by atoms with van der Waals surface area (Å²) in [6.45, 7) is 3.09. The molecule has 1 fully saturated rings. The zero-order valence-corrected chi connectivity index (χ0v) is 18.1. The summed E-state index contributed by atoms with van der Waals surface area (Å²) in [6, 6.07) is 17.7. The van der Waals surface area contributed by atoms with Crippen LogP contribution in [0.15, 0.2) is 59.1 Å². The van der Waals surface area contributed by atoms with Crippen molar-refractivity contribution < 1.29 is 4.79 Å². The maximum Gasteiger partial charge on any atom is 0.161 e. The summed E-state index contributed by atoms with van der Waals surface area (Å²) in [4.78, 5) is 16.5. The lowest BCUT2D eigenvalue weighted by atomic mass is 10.1. The van der Waals surface area contributed by atoms with E-state index in [0.29, 0.717) is 10.3 Å². The van der Waals surface area contributed by atoms with Crippen molar-refractivity contribution >= 4 is 45.3 Å². The molecule has 0 spiro atoms. The molecule has 1 saturated heterocycles. The van der Waals surface area contributed by atoms with E-state index in [1.54, 1.807) is 4.68 Å². The zero-order valence-electron chi connectivity index (χ0n) is 15.7. The molecule has 1 atom stereocenters. The number of carbonyl (C=O) groups excluding carboxylic acids is 1. The Hall–Kier alpha value is -2.35. The maximum atomic E-state index is 12.1. The second-order valence-corrected chi connectivity index (χ2v) is 8.14. The lowest BCUT2D eigenvalue weighted by Gasteiger charge is -2.38. The molecule has 0 saturated carbocycles. The van der Waals surface area contributed by atoms with Crippen molar-refractivity contribution in [3.63, 3.8) is 0 Å². The molecule has 2 heterocycles. The van der Waals surface area contributed by atoms with E-state index < -0.39 is 6.17 Å². The summed E-state index contributed by atoms with van der Waals surface area (Å²) in [6.07, 6.45) is 0.412. The standard InChI is InChI=1S/C21H21BrClN5O/c22-19-20(15-4-2-1-3-5-15)28(25-21(19)24)18(14-29)27-12-10-26(11-13-27)17-8-6-16(23)7-9-17/h1-9,14,18H,10-13H2,(H2,24,25). The van der Waals surface area contributed by atoms with Crippen LogP contribution in [0, 0.1) is 0 Å². The van der Waals surface area contributed by atoms with Gasteiger partial charge in [-0.15, -0.1) is 0 Å². The van der Waals surface area contributed by atoms with Crippen LogP contribution in [0.25, 0.3) is 11.3 Å². The van der Waals surface area contributed by atoms with Crippen molar-refractivity contribution in [3.8, 4) is 11.3 Å². The summed E-state index contributed by atoms with van der Waals surface area (Å²) < 4.78 is 2.43. The molecule has 29 heavy (non-hydrogen) atoms. The summed E-state index contributed by atoms with van der Waals surface area (Å²) in [5.74, 6) is 0.371. The van der Waals surface area contributed by atoms with Gasteiger partial charge >= 0.3 is 0 Å². The molecule has 1 aliphatic heterocycles. The fourth-order valence-electron chi connectivity index (χ4n) is 3.67. The van der Waals surface area contributed by atoms with Crippen LogP contribution in [0.3, 0.4) is 0 Å². The first kappa shape index (κ1) is 19.9. The predicted octanol–water partition coefficient (Wildman–Crippen LogP) is 4.07. The summed E-state index contributed by atoms with van der Waals surface area (Å²) >= 11 is 9.54. The Kier molecular flexibility index (Phi) is 5.89. The first-order valence-corrected chi connectivity index (χ1v) is 10.5. The van der Waals surface area contributed by atoms with Gasteiger partial charge in [0, 0.05) is 42.5 Å². The second kappa shape index (κ2) is 8.57. The number of halogens is 2. The molecule has 0 bridgehead atoms. The van der Waals surface area contributed by atoms with E-state index in [1.165, 1.54) is 0 Å². The Morgan fingerprint density at radius 2 is 1.69 bits per heavy atom. The third-order valence-corrected chi connectivity index (χ3v) is 6.21.